The molecule has 0 aliphatic carbocycles. The molecule has 0 aromatic carbocycles. The van der Waals surface area contributed by atoms with E-state index in [0.29, 0.717) is 24.8 Å². The molecule has 26 heavy (non-hydrogen) atoms. The van der Waals surface area contributed by atoms with Gasteiger partial charge in [-0.25, -0.2) is 9.78 Å². The highest BCUT2D eigenvalue weighted by atomic mass is 32.1. The minimum Gasteiger partial charge on any atom is -0.448 e. The molecule has 1 saturated heterocycles. The van der Waals surface area contributed by atoms with E-state index >= 15 is 0 Å². The van der Waals surface area contributed by atoms with Crippen molar-refractivity contribution in [3.05, 3.63) is 35.0 Å². The third-order valence-electron chi connectivity index (χ3n) is 3.83. The first-order valence-corrected chi connectivity index (χ1v) is 10.6. The van der Waals surface area contributed by atoms with Crippen molar-refractivity contribution in [3.8, 4) is 20.3 Å². The van der Waals surface area contributed by atoms with Gasteiger partial charge in [0, 0.05) is 17.8 Å². The highest BCUT2D eigenvalue weighted by molar-refractivity contribution is 7.24. The molecule has 9 heteroatoms. The summed E-state index contributed by atoms with van der Waals surface area (Å²) in [5.74, 6) is -0.158. The number of nitrogens with one attached hydrogen (secondary N) is 1. The number of carbonyl (C=O) groups excluding carboxylic acids is 2. The Kier molecular flexibility index (Phi) is 5.00. The highest BCUT2D eigenvalue weighted by Crippen LogP contribution is 2.42. The number of carbonyl (C=O) groups is 2. The SMILES string of the molecule is O=C(CCN1CCOC1=O)Nc1nc(-c2cccs2)c(-c2cccs2)s1. The number of ether oxygens (including phenoxy) is 1. The fourth-order valence-corrected chi connectivity index (χ4v) is 5.21. The van der Waals surface area contributed by atoms with E-state index in [9.17, 15) is 9.59 Å². The molecule has 0 bridgehead atoms. The van der Waals surface area contributed by atoms with Crippen molar-refractivity contribution in [3.63, 3.8) is 0 Å². The van der Waals surface area contributed by atoms with E-state index < -0.39 is 0 Å². The second-order valence-electron chi connectivity index (χ2n) is 5.55. The molecule has 0 saturated carbocycles. The molecule has 0 radical (unpaired) electrons. The topological polar surface area (TPSA) is 71.5 Å². The van der Waals surface area contributed by atoms with Crippen molar-refractivity contribution in [2.24, 2.45) is 0 Å². The monoisotopic (exact) mass is 405 g/mol. The maximum absolute atomic E-state index is 12.3. The summed E-state index contributed by atoms with van der Waals surface area (Å²) in [5.41, 5.74) is 0.894. The molecular formula is C17H15N3O3S3. The first-order chi connectivity index (χ1) is 12.7. The third kappa shape index (κ3) is 3.64. The van der Waals surface area contributed by atoms with Crippen molar-refractivity contribution in [2.45, 2.75) is 6.42 Å². The zero-order valence-electron chi connectivity index (χ0n) is 13.6. The van der Waals surface area contributed by atoms with Crippen LogP contribution in [-0.2, 0) is 9.53 Å². The number of thiazole rings is 1. The van der Waals surface area contributed by atoms with Gasteiger partial charge in [-0.15, -0.1) is 22.7 Å². The number of hydrogen-bond donors (Lipinski definition) is 1. The van der Waals surface area contributed by atoms with E-state index in [1.54, 1.807) is 22.7 Å². The van der Waals surface area contributed by atoms with Crippen LogP contribution in [0.3, 0.4) is 0 Å². The van der Waals surface area contributed by atoms with Crippen LogP contribution >= 0.6 is 34.0 Å². The summed E-state index contributed by atoms with van der Waals surface area (Å²) in [5, 5.41) is 7.48. The molecule has 4 heterocycles. The summed E-state index contributed by atoms with van der Waals surface area (Å²) in [7, 11) is 0. The highest BCUT2D eigenvalue weighted by Gasteiger charge is 2.23. The molecular weight excluding hydrogens is 390 g/mol. The number of rotatable bonds is 6. The van der Waals surface area contributed by atoms with Crippen LogP contribution in [-0.4, -0.2) is 41.6 Å². The molecule has 3 aromatic rings. The molecule has 134 valence electrons. The van der Waals surface area contributed by atoms with Crippen molar-refractivity contribution in [1.29, 1.82) is 0 Å². The lowest BCUT2D eigenvalue weighted by Gasteiger charge is -2.11. The number of aromatic nitrogens is 1. The minimum absolute atomic E-state index is 0.158. The van der Waals surface area contributed by atoms with Gasteiger partial charge < -0.3 is 15.0 Å². The molecule has 0 unspecified atom stereocenters. The lowest BCUT2D eigenvalue weighted by atomic mass is 10.3. The van der Waals surface area contributed by atoms with Crippen LogP contribution in [0.5, 0.6) is 0 Å². The molecule has 0 spiro atoms. The third-order valence-corrected chi connectivity index (χ3v) is 6.72. The van der Waals surface area contributed by atoms with Crippen LogP contribution in [0.2, 0.25) is 0 Å². The second kappa shape index (κ2) is 7.56. The standard InChI is InChI=1S/C17H15N3O3S3/c21-13(5-6-20-7-8-23-17(20)22)18-16-19-14(11-3-1-9-24-11)15(26-16)12-4-2-10-25-12/h1-4,9-10H,5-8H2,(H,18,19,21). The smallest absolute Gasteiger partial charge is 0.409 e. The zero-order valence-corrected chi connectivity index (χ0v) is 16.1. The van der Waals surface area contributed by atoms with E-state index in [0.717, 1.165) is 20.3 Å². The minimum atomic E-state index is -0.355. The zero-order chi connectivity index (χ0) is 17.9. The molecule has 3 aromatic heterocycles. The second-order valence-corrected chi connectivity index (χ2v) is 8.45. The number of hydrogen-bond acceptors (Lipinski definition) is 7. The van der Waals surface area contributed by atoms with Crippen molar-refractivity contribution < 1.29 is 14.3 Å². The van der Waals surface area contributed by atoms with Crippen LogP contribution < -0.4 is 5.32 Å². The maximum atomic E-state index is 12.3. The van der Waals surface area contributed by atoms with E-state index in [2.05, 4.69) is 16.4 Å². The van der Waals surface area contributed by atoms with Gasteiger partial charge in [-0.3, -0.25) is 4.79 Å². The average Bonchev–Trinajstić information content (AvgIpc) is 3.40. The van der Waals surface area contributed by atoms with Crippen LogP contribution in [0.25, 0.3) is 20.3 Å². The summed E-state index contributed by atoms with van der Waals surface area (Å²) in [6, 6.07) is 8.08. The first kappa shape index (κ1) is 17.2. The van der Waals surface area contributed by atoms with Crippen LogP contribution in [0.1, 0.15) is 6.42 Å². The molecule has 0 atom stereocenters. The van der Waals surface area contributed by atoms with Gasteiger partial charge in [0.15, 0.2) is 5.13 Å². The van der Waals surface area contributed by atoms with Gasteiger partial charge >= 0.3 is 6.09 Å². The largest absolute Gasteiger partial charge is 0.448 e. The average molecular weight is 406 g/mol. The molecule has 1 aliphatic heterocycles. The van der Waals surface area contributed by atoms with Gasteiger partial charge in [-0.2, -0.15) is 0 Å². The van der Waals surface area contributed by atoms with E-state index in [1.165, 1.54) is 16.2 Å². The van der Waals surface area contributed by atoms with Gasteiger partial charge in [0.25, 0.3) is 0 Å². The number of cyclic esters (lactones) is 1. The molecule has 1 fully saturated rings. The molecule has 2 amide bonds. The predicted octanol–water partition coefficient (Wildman–Crippen LogP) is 4.38. The first-order valence-electron chi connectivity index (χ1n) is 8.01. The quantitative estimate of drug-likeness (QED) is 0.661. The Labute approximate surface area is 162 Å². The summed E-state index contributed by atoms with van der Waals surface area (Å²) >= 11 is 4.75. The van der Waals surface area contributed by atoms with E-state index in [-0.39, 0.29) is 18.4 Å². The van der Waals surface area contributed by atoms with Gasteiger partial charge in [-0.1, -0.05) is 23.5 Å². The molecule has 6 nitrogen and oxygen atoms in total. The fourth-order valence-electron chi connectivity index (χ4n) is 2.58. The Morgan fingerprint density at radius 2 is 2.00 bits per heavy atom. The Hall–Kier alpha value is -2.23. The number of anilines is 1. The molecule has 1 N–H and O–H groups in total. The van der Waals surface area contributed by atoms with Gasteiger partial charge in [0.1, 0.15) is 12.3 Å². The van der Waals surface area contributed by atoms with Gasteiger partial charge in [-0.05, 0) is 22.9 Å². The lowest BCUT2D eigenvalue weighted by Crippen LogP contribution is -2.28. The number of nitrogens with zero attached hydrogens (tertiary/aromatic N) is 2. The Morgan fingerprint density at radius 3 is 2.65 bits per heavy atom. The normalized spacial score (nSPS) is 13.8. The van der Waals surface area contributed by atoms with E-state index in [4.69, 9.17) is 4.74 Å². The van der Waals surface area contributed by atoms with Crippen LogP contribution in [0.4, 0.5) is 9.93 Å². The summed E-state index contributed by atoms with van der Waals surface area (Å²) in [6.45, 7) is 1.28. The summed E-state index contributed by atoms with van der Waals surface area (Å²) < 4.78 is 4.87. The van der Waals surface area contributed by atoms with Crippen LogP contribution in [0.15, 0.2) is 35.0 Å². The van der Waals surface area contributed by atoms with Crippen molar-refractivity contribution in [2.75, 3.05) is 25.0 Å². The summed E-state index contributed by atoms with van der Waals surface area (Å²) in [4.78, 5) is 33.1. The van der Waals surface area contributed by atoms with Crippen molar-refractivity contribution in [1.82, 2.24) is 9.88 Å². The predicted molar refractivity (Wildman–Crippen MR) is 105 cm³/mol. The lowest BCUT2D eigenvalue weighted by molar-refractivity contribution is -0.116. The Balaban J connectivity index is 1.49. The maximum Gasteiger partial charge on any atom is 0.409 e. The van der Waals surface area contributed by atoms with Gasteiger partial charge in [0.05, 0.1) is 16.3 Å². The molecule has 4 rings (SSSR count). The molecule has 1 aliphatic rings. The van der Waals surface area contributed by atoms with Crippen molar-refractivity contribution >= 4 is 51.1 Å². The van der Waals surface area contributed by atoms with Gasteiger partial charge in [0.2, 0.25) is 5.91 Å². The van der Waals surface area contributed by atoms with E-state index in [1.807, 2.05) is 29.0 Å². The number of amides is 2. The van der Waals surface area contributed by atoms with Crippen LogP contribution in [0, 0.1) is 0 Å². The Bertz CT molecular complexity index is 851. The Morgan fingerprint density at radius 1 is 1.23 bits per heavy atom. The fraction of sp³-hybridized carbons (Fsp3) is 0.235. The summed E-state index contributed by atoms with van der Waals surface area (Å²) in [6.07, 6.45) is -0.135. The number of thiophene rings is 2.